The van der Waals surface area contributed by atoms with Gasteiger partial charge in [-0.3, -0.25) is 0 Å². The molecule has 4 N–H and O–H groups in total. The number of rotatable bonds is 16. The van der Waals surface area contributed by atoms with E-state index in [-0.39, 0.29) is 52.0 Å². The Morgan fingerprint density at radius 1 is 0.410 bits per heavy atom. The standard InChI is InChI=1S/C27H28FN7O.C26H26FN7O.C25H24FN7O/c1-5-34-12-14-35(15-13-34)20-8-6-19(7-9-20)32-26-25(29-3)27(31-17-30-26)36-23-11-10-22-21(24(23)28)16-18(2)33(22)4;1-17-15-20-21(33(17)4)9-10-22(23(20)27)35-26-24(28-2)25(29-16-30-26)31-18-5-7-19(8-6-18)34-13-11-32(3)12-14-34;1-16-14-19-20(32(16)3)8-9-21(22(19)26)34-25-23(27-2)24(29-15-30-25)31-17-4-6-18(7-5-17)33-12-10-28-11-13-33/h6-11,16-17H,5,12-15H2,1-2,4H3,(H,30,31,32);5-10,15-16H,11-14H2,1,3-4H3,(H,29,30,31);4-9,14-15,28H,10-13H2,1,3H3,(H,29,30,31). The molecule has 24 nitrogen and oxygen atoms in total. The Morgan fingerprint density at radius 3 is 1.02 bits per heavy atom. The molecule has 0 atom stereocenters. The zero-order valence-electron chi connectivity index (χ0n) is 59.5. The molecule has 9 heterocycles. The number of fused-ring (bicyclic) bond motifs is 3. The van der Waals surface area contributed by atoms with Gasteiger partial charge < -0.3 is 73.7 Å². The summed E-state index contributed by atoms with van der Waals surface area (Å²) in [6.45, 7) is 44.1. The Kier molecular flexibility index (Phi) is 21.2. The molecule has 3 aliphatic heterocycles. The Morgan fingerprint density at radius 2 is 0.714 bits per heavy atom. The van der Waals surface area contributed by atoms with Crippen LogP contribution in [-0.4, -0.2) is 146 Å². The van der Waals surface area contributed by atoms with Gasteiger partial charge in [-0.15, -0.1) is 0 Å². The summed E-state index contributed by atoms with van der Waals surface area (Å²) in [6, 6.07) is 39.4. The number of aryl methyl sites for hydroxylation is 6. The van der Waals surface area contributed by atoms with Crippen molar-refractivity contribution in [2.24, 2.45) is 21.1 Å². The van der Waals surface area contributed by atoms with Gasteiger partial charge in [0.1, 0.15) is 36.4 Å². The minimum Gasteiger partial charge on any atom is -0.446 e. The van der Waals surface area contributed by atoms with Crippen LogP contribution in [0.3, 0.4) is 0 Å². The van der Waals surface area contributed by atoms with Gasteiger partial charge in [0.05, 0.1) is 36.3 Å². The molecule has 15 rings (SSSR count). The van der Waals surface area contributed by atoms with Gasteiger partial charge >= 0.3 is 0 Å². The molecule has 0 aliphatic carbocycles. The second kappa shape index (κ2) is 31.4. The van der Waals surface area contributed by atoms with Crippen LogP contribution in [0, 0.1) is 57.9 Å². The third-order valence-corrected chi connectivity index (χ3v) is 19.3. The molecule has 534 valence electrons. The molecule has 3 aliphatic rings. The topological polar surface area (TPSA) is 197 Å². The van der Waals surface area contributed by atoms with Crippen molar-refractivity contribution >= 4 is 101 Å². The van der Waals surface area contributed by atoms with E-state index < -0.39 is 17.5 Å². The molecule has 0 unspecified atom stereocenters. The summed E-state index contributed by atoms with van der Waals surface area (Å²) < 4.78 is 68.5. The first-order valence-corrected chi connectivity index (χ1v) is 34.4. The second-order valence-corrected chi connectivity index (χ2v) is 25.7. The molecule has 6 aromatic heterocycles. The maximum absolute atomic E-state index is 15.2. The maximum atomic E-state index is 15.2. The molecule has 0 spiro atoms. The number of hydrogen-bond donors (Lipinski definition) is 4. The highest BCUT2D eigenvalue weighted by Crippen LogP contribution is 2.43. The van der Waals surface area contributed by atoms with Crippen molar-refractivity contribution in [1.82, 2.24) is 58.7 Å². The van der Waals surface area contributed by atoms with Crippen molar-refractivity contribution in [3.05, 3.63) is 215 Å². The second-order valence-electron chi connectivity index (χ2n) is 25.7. The van der Waals surface area contributed by atoms with Gasteiger partial charge in [0, 0.05) is 167 Å². The lowest BCUT2D eigenvalue weighted by Crippen LogP contribution is -2.46. The summed E-state index contributed by atoms with van der Waals surface area (Å²) in [4.78, 5) is 47.5. The number of halogens is 3. The van der Waals surface area contributed by atoms with Crippen LogP contribution in [0.4, 0.5) is 81.8 Å². The Bertz CT molecular complexity index is 5270. The van der Waals surface area contributed by atoms with Gasteiger partial charge in [-0.2, -0.15) is 0 Å². The van der Waals surface area contributed by atoms with E-state index in [4.69, 9.17) is 33.9 Å². The molecular formula is C78H78F3N21O3. The number of anilines is 9. The van der Waals surface area contributed by atoms with Crippen LogP contribution in [0.2, 0.25) is 0 Å². The van der Waals surface area contributed by atoms with Gasteiger partial charge in [-0.25, -0.2) is 57.6 Å². The Hall–Kier alpha value is -12.5. The fourth-order valence-electron chi connectivity index (χ4n) is 12.9. The molecule has 27 heteroatoms. The van der Waals surface area contributed by atoms with E-state index in [9.17, 15) is 0 Å². The van der Waals surface area contributed by atoms with Crippen LogP contribution in [0.15, 0.2) is 146 Å². The SMILES string of the molecule is [C-]#[N+]c1c(Nc2ccc(N3CCN(C)CC3)cc2)ncnc1Oc1ccc2c(cc(C)n2C)c1F.[C-]#[N+]c1c(Nc2ccc(N3CCN(CC)CC3)cc2)ncnc1Oc1ccc2c(cc(C)n2C)c1F.[C-]#[N+]c1c(Nc2ccc(N3CCNCC3)cc2)ncnc1Oc1ccc2c(cc(C)n2C)c1F. The third-order valence-electron chi connectivity index (χ3n) is 19.3. The molecule has 0 amide bonds. The number of nitrogens with one attached hydrogen (secondary N) is 4. The largest absolute Gasteiger partial charge is 0.446 e. The third kappa shape index (κ3) is 15.4. The predicted octanol–water partition coefficient (Wildman–Crippen LogP) is 15.8. The van der Waals surface area contributed by atoms with Crippen molar-refractivity contribution in [1.29, 1.82) is 0 Å². The van der Waals surface area contributed by atoms with E-state index in [0.717, 1.165) is 153 Å². The van der Waals surface area contributed by atoms with Gasteiger partial charge in [0.25, 0.3) is 17.1 Å². The van der Waals surface area contributed by atoms with Crippen LogP contribution >= 0.6 is 0 Å². The van der Waals surface area contributed by atoms with Crippen LogP contribution in [0.1, 0.15) is 24.0 Å². The van der Waals surface area contributed by atoms with E-state index in [1.807, 2.05) is 104 Å². The van der Waals surface area contributed by atoms with E-state index in [1.54, 1.807) is 54.6 Å². The smallest absolute Gasteiger partial charge is 0.288 e. The highest BCUT2D eigenvalue weighted by Gasteiger charge is 2.25. The summed E-state index contributed by atoms with van der Waals surface area (Å²) in [5.41, 5.74) is 11.2. The van der Waals surface area contributed by atoms with E-state index in [0.29, 0.717) is 33.6 Å². The summed E-state index contributed by atoms with van der Waals surface area (Å²) in [7, 11) is 7.78. The van der Waals surface area contributed by atoms with Crippen LogP contribution in [0.25, 0.3) is 47.2 Å². The highest BCUT2D eigenvalue weighted by atomic mass is 19.1. The molecule has 0 saturated carbocycles. The van der Waals surface area contributed by atoms with Gasteiger partial charge in [-0.05, 0) is 162 Å². The zero-order valence-corrected chi connectivity index (χ0v) is 59.5. The molecule has 3 saturated heterocycles. The van der Waals surface area contributed by atoms with E-state index >= 15 is 13.2 Å². The Labute approximate surface area is 606 Å². The molecule has 0 radical (unpaired) electrons. The van der Waals surface area contributed by atoms with Crippen molar-refractivity contribution < 1.29 is 27.4 Å². The maximum Gasteiger partial charge on any atom is 0.288 e. The van der Waals surface area contributed by atoms with Crippen LogP contribution in [0.5, 0.6) is 34.9 Å². The number of nitrogens with zero attached hydrogens (tertiary/aromatic N) is 17. The lowest BCUT2D eigenvalue weighted by molar-refractivity contribution is 0.271. The first kappa shape index (κ1) is 70.9. The fourth-order valence-corrected chi connectivity index (χ4v) is 12.9. The number of likely N-dealkylation sites (N-methyl/N-ethyl adjacent to an activating group) is 2. The summed E-state index contributed by atoms with van der Waals surface area (Å²) in [5.74, 6) is -0.554. The molecule has 0 bridgehead atoms. The average molecular weight is 1410 g/mol. The number of aromatic nitrogens is 9. The summed E-state index contributed by atoms with van der Waals surface area (Å²) in [5, 5.41) is 14.2. The normalized spacial score (nSPS) is 14.0. The summed E-state index contributed by atoms with van der Waals surface area (Å²) >= 11 is 0. The zero-order chi connectivity index (χ0) is 73.4. The van der Waals surface area contributed by atoms with Gasteiger partial charge in [0.2, 0.25) is 17.6 Å². The molecule has 6 aromatic carbocycles. The van der Waals surface area contributed by atoms with Crippen LogP contribution in [-0.2, 0) is 21.1 Å². The monoisotopic (exact) mass is 1410 g/mol. The van der Waals surface area contributed by atoms with Crippen LogP contribution < -0.4 is 50.2 Å². The molecule has 3 fully saturated rings. The van der Waals surface area contributed by atoms with Crippen molar-refractivity contribution in [2.45, 2.75) is 27.7 Å². The van der Waals surface area contributed by atoms with Gasteiger partial charge in [-0.1, -0.05) is 6.92 Å². The summed E-state index contributed by atoms with van der Waals surface area (Å²) in [6.07, 6.45) is 3.90. The first-order valence-electron chi connectivity index (χ1n) is 34.4. The van der Waals surface area contributed by atoms with Crippen molar-refractivity contribution in [3.8, 4) is 34.9 Å². The first-order chi connectivity index (χ1) is 51.0. The average Bonchev–Trinajstić information content (AvgIpc) is 1.73. The van der Waals surface area contributed by atoms with E-state index in [1.165, 1.54) is 19.0 Å². The highest BCUT2D eigenvalue weighted by molar-refractivity contribution is 5.87. The minimum absolute atomic E-state index is 0.00109. The number of benzene rings is 6. The lowest BCUT2D eigenvalue weighted by Gasteiger charge is -2.35. The minimum atomic E-state index is -0.492. The Balaban J connectivity index is 0.000000140. The molecule has 105 heavy (non-hydrogen) atoms. The van der Waals surface area contributed by atoms with Crippen molar-refractivity contribution in [3.63, 3.8) is 0 Å². The quantitative estimate of drug-likeness (QED) is 0.0666. The molecule has 12 aromatic rings. The lowest BCUT2D eigenvalue weighted by atomic mass is 10.2. The number of hydrogen-bond acceptors (Lipinski definition) is 18. The predicted molar refractivity (Wildman–Crippen MR) is 406 cm³/mol. The van der Waals surface area contributed by atoms with E-state index in [2.05, 4.69) is 128 Å². The van der Waals surface area contributed by atoms with Gasteiger partial charge in [0.15, 0.2) is 34.7 Å². The fraction of sp³-hybridized carbons (Fsp3) is 0.269. The number of ether oxygens (including phenoxy) is 3. The van der Waals surface area contributed by atoms with Crippen molar-refractivity contribution in [2.75, 3.05) is 123 Å². The molecular weight excluding hydrogens is 1340 g/mol. The number of piperazine rings is 3.